The number of thiol groups is 1. The molecule has 0 aliphatic heterocycles. The van der Waals surface area contributed by atoms with Crippen LogP contribution in [0.2, 0.25) is 0 Å². The number of hydrogen-bond acceptors (Lipinski definition) is 3. The molecule has 2 rings (SSSR count). The van der Waals surface area contributed by atoms with E-state index in [2.05, 4.69) is 17.7 Å². The van der Waals surface area contributed by atoms with Crippen molar-refractivity contribution in [1.29, 1.82) is 0 Å². The van der Waals surface area contributed by atoms with E-state index >= 15 is 0 Å². The largest absolute Gasteiger partial charge is 0.288 e. The van der Waals surface area contributed by atoms with Crippen molar-refractivity contribution in [3.8, 4) is 5.69 Å². The molecule has 0 radical (unpaired) electrons. The van der Waals surface area contributed by atoms with E-state index in [1.54, 1.807) is 19.1 Å². The van der Waals surface area contributed by atoms with Gasteiger partial charge in [0.15, 0.2) is 0 Å². The highest BCUT2D eigenvalue weighted by Gasteiger charge is 2.06. The molecule has 0 N–H and O–H groups in total. The van der Waals surface area contributed by atoms with Crippen molar-refractivity contribution in [2.45, 2.75) is 12.7 Å². The van der Waals surface area contributed by atoms with E-state index in [1.165, 1.54) is 22.9 Å². The summed E-state index contributed by atoms with van der Waals surface area (Å²) in [6, 6.07) is 7.54. The molecule has 0 unspecified atom stereocenters. The quantitative estimate of drug-likeness (QED) is 0.828. The Balaban J connectivity index is 2.63. The molecule has 2 aromatic rings. The molecule has 0 spiro atoms. The van der Waals surface area contributed by atoms with Gasteiger partial charge in [0.2, 0.25) is 5.43 Å². The summed E-state index contributed by atoms with van der Waals surface area (Å²) in [5, 5.41) is 4.16. The summed E-state index contributed by atoms with van der Waals surface area (Å²) in [6.07, 6.45) is 0. The zero-order chi connectivity index (χ0) is 12.4. The van der Waals surface area contributed by atoms with Crippen molar-refractivity contribution in [1.82, 2.24) is 9.78 Å². The van der Waals surface area contributed by atoms with Crippen molar-refractivity contribution < 1.29 is 4.39 Å². The lowest BCUT2D eigenvalue weighted by atomic mass is 10.3. The standard InChI is InChI=1S/C12H11FN2OS/c1-8-5-12(16)11(7-17)14-15(8)10-4-2-3-9(13)6-10/h2-6,17H,7H2,1H3. The molecule has 1 aromatic carbocycles. The summed E-state index contributed by atoms with van der Waals surface area (Å²) in [6.45, 7) is 1.75. The summed E-state index contributed by atoms with van der Waals surface area (Å²) < 4.78 is 14.7. The molecule has 0 aliphatic rings. The summed E-state index contributed by atoms with van der Waals surface area (Å²) in [5.41, 5.74) is 1.45. The minimum Gasteiger partial charge on any atom is -0.288 e. The minimum atomic E-state index is -0.338. The molecule has 5 heteroatoms. The van der Waals surface area contributed by atoms with Crippen LogP contribution in [0, 0.1) is 12.7 Å². The van der Waals surface area contributed by atoms with Crippen LogP contribution >= 0.6 is 12.6 Å². The maximum Gasteiger partial charge on any atom is 0.204 e. The number of aromatic nitrogens is 2. The van der Waals surface area contributed by atoms with Gasteiger partial charge in [0, 0.05) is 17.5 Å². The van der Waals surface area contributed by atoms with Gasteiger partial charge in [-0.2, -0.15) is 17.7 Å². The average Bonchev–Trinajstić information content (AvgIpc) is 2.29. The van der Waals surface area contributed by atoms with Gasteiger partial charge in [-0.05, 0) is 25.1 Å². The predicted octanol–water partition coefficient (Wildman–Crippen LogP) is 2.11. The van der Waals surface area contributed by atoms with E-state index < -0.39 is 0 Å². The van der Waals surface area contributed by atoms with Gasteiger partial charge in [0.1, 0.15) is 11.5 Å². The van der Waals surface area contributed by atoms with Crippen LogP contribution < -0.4 is 5.43 Å². The van der Waals surface area contributed by atoms with Gasteiger partial charge in [-0.15, -0.1) is 0 Å². The molecule has 88 valence electrons. The van der Waals surface area contributed by atoms with E-state index in [0.717, 1.165) is 0 Å². The summed E-state index contributed by atoms with van der Waals surface area (Å²) in [4.78, 5) is 11.5. The Bertz CT molecular complexity index is 610. The van der Waals surface area contributed by atoms with E-state index in [-0.39, 0.29) is 17.0 Å². The lowest BCUT2D eigenvalue weighted by molar-refractivity contribution is 0.624. The fourth-order valence-corrected chi connectivity index (χ4v) is 1.78. The van der Waals surface area contributed by atoms with Crippen molar-refractivity contribution >= 4 is 12.6 Å². The Kier molecular flexibility index (Phi) is 3.28. The average molecular weight is 250 g/mol. The van der Waals surface area contributed by atoms with Crippen LogP contribution in [0.1, 0.15) is 11.4 Å². The van der Waals surface area contributed by atoms with Crippen LogP contribution in [0.25, 0.3) is 5.69 Å². The summed E-state index contributed by atoms with van der Waals surface area (Å²) in [5.74, 6) is -0.0798. The van der Waals surface area contributed by atoms with E-state index in [0.29, 0.717) is 17.1 Å². The van der Waals surface area contributed by atoms with Gasteiger partial charge in [-0.25, -0.2) is 9.07 Å². The summed E-state index contributed by atoms with van der Waals surface area (Å²) >= 11 is 4.04. The molecule has 0 fully saturated rings. The second-order valence-corrected chi connectivity index (χ2v) is 3.96. The van der Waals surface area contributed by atoms with Crippen molar-refractivity contribution in [3.63, 3.8) is 0 Å². The van der Waals surface area contributed by atoms with Gasteiger partial charge in [0.25, 0.3) is 0 Å². The van der Waals surface area contributed by atoms with Gasteiger partial charge < -0.3 is 0 Å². The van der Waals surface area contributed by atoms with Gasteiger partial charge >= 0.3 is 0 Å². The smallest absolute Gasteiger partial charge is 0.204 e. The number of aryl methyl sites for hydroxylation is 1. The predicted molar refractivity (Wildman–Crippen MR) is 67.2 cm³/mol. The Morgan fingerprint density at radius 2 is 2.18 bits per heavy atom. The molecule has 1 aromatic heterocycles. The number of rotatable bonds is 2. The first-order valence-corrected chi connectivity index (χ1v) is 5.71. The SMILES string of the molecule is Cc1cc(=O)c(CS)nn1-c1cccc(F)c1. The molecule has 0 amide bonds. The number of halogens is 1. The maximum atomic E-state index is 13.1. The molecule has 0 bridgehead atoms. The molecule has 0 saturated heterocycles. The number of benzene rings is 1. The van der Waals surface area contributed by atoms with Crippen LogP contribution in [0.4, 0.5) is 4.39 Å². The third-order valence-corrected chi connectivity index (χ3v) is 2.68. The van der Waals surface area contributed by atoms with Crippen LogP contribution in [-0.2, 0) is 5.75 Å². The molecular formula is C12H11FN2OS. The number of nitrogens with zero attached hydrogens (tertiary/aromatic N) is 2. The second-order valence-electron chi connectivity index (χ2n) is 3.65. The molecule has 3 nitrogen and oxygen atoms in total. The second kappa shape index (κ2) is 4.71. The zero-order valence-electron chi connectivity index (χ0n) is 9.22. The lowest BCUT2D eigenvalue weighted by Crippen LogP contribution is -2.17. The highest BCUT2D eigenvalue weighted by atomic mass is 32.1. The normalized spacial score (nSPS) is 10.5. The molecule has 0 aliphatic carbocycles. The van der Waals surface area contributed by atoms with Crippen molar-refractivity contribution in [2.75, 3.05) is 0 Å². The molecular weight excluding hydrogens is 239 g/mol. The minimum absolute atomic E-state index is 0.148. The fraction of sp³-hybridized carbons (Fsp3) is 0.167. The highest BCUT2D eigenvalue weighted by Crippen LogP contribution is 2.10. The van der Waals surface area contributed by atoms with Crippen LogP contribution in [-0.4, -0.2) is 9.78 Å². The zero-order valence-corrected chi connectivity index (χ0v) is 10.1. The highest BCUT2D eigenvalue weighted by molar-refractivity contribution is 7.79. The van der Waals surface area contributed by atoms with Crippen LogP contribution in [0.3, 0.4) is 0 Å². The van der Waals surface area contributed by atoms with E-state index in [4.69, 9.17) is 0 Å². The van der Waals surface area contributed by atoms with Gasteiger partial charge in [-0.1, -0.05) is 6.07 Å². The van der Waals surface area contributed by atoms with E-state index in [9.17, 15) is 9.18 Å². The third-order valence-electron chi connectivity index (χ3n) is 2.38. The monoisotopic (exact) mass is 250 g/mol. The van der Waals surface area contributed by atoms with Crippen LogP contribution in [0.5, 0.6) is 0 Å². The molecule has 17 heavy (non-hydrogen) atoms. The third kappa shape index (κ3) is 2.39. The first-order chi connectivity index (χ1) is 8.11. The lowest BCUT2D eigenvalue weighted by Gasteiger charge is -2.10. The van der Waals surface area contributed by atoms with Crippen molar-refractivity contribution in [3.05, 3.63) is 57.8 Å². The Hall–Kier alpha value is -1.62. The molecule has 0 saturated carbocycles. The van der Waals surface area contributed by atoms with Gasteiger partial charge in [0.05, 0.1) is 5.69 Å². The molecule has 1 heterocycles. The topological polar surface area (TPSA) is 34.9 Å². The first kappa shape index (κ1) is 11.9. The maximum absolute atomic E-state index is 13.1. The fourth-order valence-electron chi connectivity index (χ4n) is 1.56. The summed E-state index contributed by atoms with van der Waals surface area (Å²) in [7, 11) is 0. The van der Waals surface area contributed by atoms with Crippen LogP contribution in [0.15, 0.2) is 35.1 Å². The first-order valence-electron chi connectivity index (χ1n) is 5.08. The van der Waals surface area contributed by atoms with Gasteiger partial charge in [-0.3, -0.25) is 4.79 Å². The van der Waals surface area contributed by atoms with Crippen molar-refractivity contribution in [2.24, 2.45) is 0 Å². The number of hydrogen-bond donors (Lipinski definition) is 1. The Labute approximate surface area is 103 Å². The molecule has 0 atom stereocenters. The van der Waals surface area contributed by atoms with E-state index in [1.807, 2.05) is 0 Å². The Morgan fingerprint density at radius 3 is 2.82 bits per heavy atom. The Morgan fingerprint density at radius 1 is 1.41 bits per heavy atom.